The first-order chi connectivity index (χ1) is 12.0. The number of hydrogen-bond donors (Lipinski definition) is 2. The fourth-order valence-corrected chi connectivity index (χ4v) is 2.18. The molecule has 0 radical (unpaired) electrons. The van der Waals surface area contributed by atoms with Gasteiger partial charge in [-0.3, -0.25) is 9.59 Å². The van der Waals surface area contributed by atoms with Crippen molar-refractivity contribution in [3.8, 4) is 0 Å². The standard InChI is InChI=1S/C18H18F2N2O3/c1-21-18(24)17(13-7-8-14(19)15(20)9-13)22-16(23)11-25-10-12-5-3-2-4-6-12/h2-9,17H,10-11H2,1H3,(H,21,24)(H,22,23). The van der Waals surface area contributed by atoms with E-state index in [1.807, 2.05) is 30.3 Å². The molecule has 0 aliphatic heterocycles. The third kappa shape index (κ3) is 5.36. The van der Waals surface area contributed by atoms with Crippen LogP contribution in [0.25, 0.3) is 0 Å². The van der Waals surface area contributed by atoms with Crippen LogP contribution in [-0.4, -0.2) is 25.5 Å². The molecule has 2 N–H and O–H groups in total. The highest BCUT2D eigenvalue weighted by Crippen LogP contribution is 2.17. The second-order valence-electron chi connectivity index (χ2n) is 5.27. The Balaban J connectivity index is 1.97. The van der Waals surface area contributed by atoms with Crippen LogP contribution in [0.5, 0.6) is 0 Å². The molecule has 0 saturated heterocycles. The van der Waals surface area contributed by atoms with E-state index in [0.717, 1.165) is 17.7 Å². The highest BCUT2D eigenvalue weighted by Gasteiger charge is 2.23. The molecule has 1 atom stereocenters. The quantitative estimate of drug-likeness (QED) is 0.805. The van der Waals surface area contributed by atoms with Gasteiger partial charge in [0.05, 0.1) is 6.61 Å². The molecule has 2 aromatic rings. The molecule has 0 aliphatic carbocycles. The normalized spacial score (nSPS) is 11.6. The molecule has 0 fully saturated rings. The van der Waals surface area contributed by atoms with Crippen molar-refractivity contribution in [1.29, 1.82) is 0 Å². The van der Waals surface area contributed by atoms with Gasteiger partial charge in [-0.1, -0.05) is 36.4 Å². The van der Waals surface area contributed by atoms with Crippen LogP contribution in [0.3, 0.4) is 0 Å². The first-order valence-corrected chi connectivity index (χ1v) is 7.59. The van der Waals surface area contributed by atoms with E-state index in [-0.39, 0.29) is 18.8 Å². The van der Waals surface area contributed by atoms with Crippen molar-refractivity contribution in [2.75, 3.05) is 13.7 Å². The van der Waals surface area contributed by atoms with Crippen LogP contribution in [-0.2, 0) is 20.9 Å². The zero-order valence-corrected chi connectivity index (χ0v) is 13.6. The molecule has 5 nitrogen and oxygen atoms in total. The van der Waals surface area contributed by atoms with E-state index in [2.05, 4.69) is 10.6 Å². The topological polar surface area (TPSA) is 67.4 Å². The lowest BCUT2D eigenvalue weighted by atomic mass is 10.1. The smallest absolute Gasteiger partial charge is 0.246 e. The third-order valence-corrected chi connectivity index (χ3v) is 3.44. The maximum absolute atomic E-state index is 13.4. The summed E-state index contributed by atoms with van der Waals surface area (Å²) >= 11 is 0. The zero-order valence-electron chi connectivity index (χ0n) is 13.6. The number of rotatable bonds is 7. The number of likely N-dealkylation sites (N-methyl/N-ethyl adjacent to an activating group) is 1. The van der Waals surface area contributed by atoms with Gasteiger partial charge >= 0.3 is 0 Å². The molecule has 25 heavy (non-hydrogen) atoms. The largest absolute Gasteiger partial charge is 0.367 e. The van der Waals surface area contributed by atoms with E-state index in [1.165, 1.54) is 13.1 Å². The molecule has 0 aliphatic rings. The number of nitrogens with one attached hydrogen (secondary N) is 2. The van der Waals surface area contributed by atoms with Gasteiger partial charge in [-0.15, -0.1) is 0 Å². The number of halogens is 2. The summed E-state index contributed by atoms with van der Waals surface area (Å²) in [7, 11) is 1.38. The number of hydrogen-bond acceptors (Lipinski definition) is 3. The van der Waals surface area contributed by atoms with Crippen LogP contribution >= 0.6 is 0 Å². The Morgan fingerprint density at radius 2 is 1.80 bits per heavy atom. The zero-order chi connectivity index (χ0) is 18.2. The average molecular weight is 348 g/mol. The molecule has 0 saturated carbocycles. The van der Waals surface area contributed by atoms with Crippen molar-refractivity contribution >= 4 is 11.8 Å². The Kier molecular flexibility index (Phi) is 6.59. The Bertz CT molecular complexity index is 738. The Morgan fingerprint density at radius 3 is 2.44 bits per heavy atom. The minimum atomic E-state index is -1.15. The summed E-state index contributed by atoms with van der Waals surface area (Å²) in [6, 6.07) is 11.1. The molecular formula is C18H18F2N2O3. The highest BCUT2D eigenvalue weighted by atomic mass is 19.2. The predicted molar refractivity (Wildman–Crippen MR) is 87.4 cm³/mol. The summed E-state index contributed by atoms with van der Waals surface area (Å²) in [5.41, 5.74) is 1.04. The first kappa shape index (κ1) is 18.5. The lowest BCUT2D eigenvalue weighted by Crippen LogP contribution is -2.40. The molecule has 132 valence electrons. The fraction of sp³-hybridized carbons (Fsp3) is 0.222. The fourth-order valence-electron chi connectivity index (χ4n) is 2.18. The Morgan fingerprint density at radius 1 is 1.08 bits per heavy atom. The number of carbonyl (C=O) groups excluding carboxylic acids is 2. The molecule has 0 heterocycles. The number of benzene rings is 2. The van der Waals surface area contributed by atoms with E-state index in [9.17, 15) is 18.4 Å². The summed E-state index contributed by atoms with van der Waals surface area (Å²) in [4.78, 5) is 24.0. The van der Waals surface area contributed by atoms with Gasteiger partial charge in [-0.2, -0.15) is 0 Å². The SMILES string of the molecule is CNC(=O)C(NC(=O)COCc1ccccc1)c1ccc(F)c(F)c1. The third-order valence-electron chi connectivity index (χ3n) is 3.44. The second-order valence-corrected chi connectivity index (χ2v) is 5.27. The molecule has 2 rings (SSSR count). The van der Waals surface area contributed by atoms with Gasteiger partial charge in [0.15, 0.2) is 11.6 Å². The van der Waals surface area contributed by atoms with E-state index in [1.54, 1.807) is 0 Å². The second kappa shape index (κ2) is 8.89. The van der Waals surface area contributed by atoms with Gasteiger partial charge in [-0.05, 0) is 23.3 Å². The van der Waals surface area contributed by atoms with E-state index in [4.69, 9.17) is 4.74 Å². The van der Waals surface area contributed by atoms with Crippen LogP contribution in [0.4, 0.5) is 8.78 Å². The maximum Gasteiger partial charge on any atom is 0.246 e. The van der Waals surface area contributed by atoms with Crippen LogP contribution in [0.1, 0.15) is 17.2 Å². The minimum Gasteiger partial charge on any atom is -0.367 e. The Hall–Kier alpha value is -2.80. The summed E-state index contributed by atoms with van der Waals surface area (Å²) in [5.74, 6) is -3.23. The van der Waals surface area contributed by atoms with E-state index < -0.39 is 29.5 Å². The number of amides is 2. The van der Waals surface area contributed by atoms with Crippen molar-refractivity contribution in [1.82, 2.24) is 10.6 Å². The number of carbonyl (C=O) groups is 2. The molecular weight excluding hydrogens is 330 g/mol. The van der Waals surface area contributed by atoms with E-state index >= 15 is 0 Å². The summed E-state index contributed by atoms with van der Waals surface area (Å²) in [5, 5.41) is 4.83. The molecule has 0 aromatic heterocycles. The van der Waals surface area contributed by atoms with Crippen molar-refractivity contribution in [3.05, 3.63) is 71.3 Å². The maximum atomic E-state index is 13.4. The van der Waals surface area contributed by atoms with Gasteiger partial charge < -0.3 is 15.4 Å². The first-order valence-electron chi connectivity index (χ1n) is 7.59. The van der Waals surface area contributed by atoms with Crippen LogP contribution in [0.15, 0.2) is 48.5 Å². The van der Waals surface area contributed by atoms with Crippen LogP contribution in [0.2, 0.25) is 0 Å². The molecule has 1 unspecified atom stereocenters. The van der Waals surface area contributed by atoms with Crippen molar-refractivity contribution < 1.29 is 23.1 Å². The van der Waals surface area contributed by atoms with Gasteiger partial charge in [-0.25, -0.2) is 8.78 Å². The Labute approximate surface area is 144 Å². The monoisotopic (exact) mass is 348 g/mol. The van der Waals surface area contributed by atoms with Gasteiger partial charge in [0.25, 0.3) is 0 Å². The summed E-state index contributed by atoms with van der Waals surface area (Å²) < 4.78 is 31.7. The van der Waals surface area contributed by atoms with Crippen LogP contribution < -0.4 is 10.6 Å². The molecule has 2 aromatic carbocycles. The highest BCUT2D eigenvalue weighted by molar-refractivity contribution is 5.88. The lowest BCUT2D eigenvalue weighted by molar-refractivity contribution is -0.131. The lowest BCUT2D eigenvalue weighted by Gasteiger charge is -2.18. The summed E-state index contributed by atoms with van der Waals surface area (Å²) in [6.07, 6.45) is 0. The van der Waals surface area contributed by atoms with Gasteiger partial charge in [0.2, 0.25) is 11.8 Å². The molecule has 7 heteroatoms. The molecule has 0 bridgehead atoms. The van der Waals surface area contributed by atoms with Crippen LogP contribution in [0, 0.1) is 11.6 Å². The summed E-state index contributed by atoms with van der Waals surface area (Å²) in [6.45, 7) is -0.0316. The molecule has 0 spiro atoms. The number of ether oxygens (including phenoxy) is 1. The minimum absolute atomic E-state index is 0.134. The molecule has 2 amide bonds. The van der Waals surface area contributed by atoms with Crippen molar-refractivity contribution in [2.45, 2.75) is 12.6 Å². The van der Waals surface area contributed by atoms with Gasteiger partial charge in [0.1, 0.15) is 12.6 Å². The van der Waals surface area contributed by atoms with Gasteiger partial charge in [0, 0.05) is 7.05 Å². The average Bonchev–Trinajstić information content (AvgIpc) is 2.62. The van der Waals surface area contributed by atoms with E-state index in [0.29, 0.717) is 0 Å². The van der Waals surface area contributed by atoms with Crippen molar-refractivity contribution in [2.24, 2.45) is 0 Å². The van der Waals surface area contributed by atoms with Crippen molar-refractivity contribution in [3.63, 3.8) is 0 Å². The predicted octanol–water partition coefficient (Wildman–Crippen LogP) is 2.08.